The summed E-state index contributed by atoms with van der Waals surface area (Å²) in [4.78, 5) is 10.2. The minimum absolute atomic E-state index is 0.0251. The van der Waals surface area contributed by atoms with Gasteiger partial charge in [0.15, 0.2) is 0 Å². The zero-order chi connectivity index (χ0) is 36.7. The number of non-ortho nitro benzene ring substituents is 1. The van der Waals surface area contributed by atoms with Crippen LogP contribution < -0.4 is 4.74 Å². The first-order valence-corrected chi connectivity index (χ1v) is 17.9. The summed E-state index contributed by atoms with van der Waals surface area (Å²) in [7, 11) is 0. The number of nitro benzene ring substituents is 1. The normalized spacial score (nSPS) is 12.0. The van der Waals surface area contributed by atoms with E-state index in [1.165, 1.54) is 12.1 Å². The van der Waals surface area contributed by atoms with Crippen molar-refractivity contribution in [1.82, 2.24) is 0 Å². The molecule has 0 radical (unpaired) electrons. The Morgan fingerprint density at radius 2 is 0.706 bits per heavy atom. The molecule has 0 aliphatic carbocycles. The molecule has 0 N–H and O–H groups in total. The third-order valence-electron chi connectivity index (χ3n) is 6.74. The van der Waals surface area contributed by atoms with Crippen molar-refractivity contribution in [2.45, 2.75) is 20.3 Å². The molecule has 0 saturated heterocycles. The second kappa shape index (κ2) is 37.7. The van der Waals surface area contributed by atoms with Gasteiger partial charge in [-0.3, -0.25) is 10.1 Å². The molecule has 1 atom stereocenters. The fourth-order valence-electron chi connectivity index (χ4n) is 3.70. The molecular formula is C35H63NO15. The van der Waals surface area contributed by atoms with Crippen molar-refractivity contribution in [2.75, 3.05) is 165 Å². The molecule has 0 heterocycles. The van der Waals surface area contributed by atoms with E-state index in [0.717, 1.165) is 13.0 Å². The highest BCUT2D eigenvalue weighted by Gasteiger charge is 2.04. The van der Waals surface area contributed by atoms with Gasteiger partial charge in [-0.25, -0.2) is 0 Å². The lowest BCUT2D eigenvalue weighted by Crippen LogP contribution is -2.15. The maximum absolute atomic E-state index is 10.6. The third kappa shape index (κ3) is 33.5. The minimum atomic E-state index is -0.452. The van der Waals surface area contributed by atoms with Gasteiger partial charge in [-0.2, -0.15) is 0 Å². The second-order valence-corrected chi connectivity index (χ2v) is 10.9. The standard InChI is InChI=1S/C35H63NO15/c1-3-33(2)32-50-29-28-48-25-24-46-21-20-44-17-16-42-13-12-40-9-8-39-10-11-41-14-15-43-18-19-45-22-23-47-26-27-49-30-31-51-35-6-4-34(5-7-35)36(37)38/h4-7,33H,3,8-32H2,1-2H3. The van der Waals surface area contributed by atoms with Gasteiger partial charge in [0, 0.05) is 18.7 Å². The van der Waals surface area contributed by atoms with Crippen molar-refractivity contribution in [3.05, 3.63) is 34.4 Å². The van der Waals surface area contributed by atoms with Crippen LogP contribution in [0.4, 0.5) is 5.69 Å². The Labute approximate surface area is 303 Å². The van der Waals surface area contributed by atoms with Crippen LogP contribution >= 0.6 is 0 Å². The number of benzene rings is 1. The summed E-state index contributed by atoms with van der Waals surface area (Å²) in [6.45, 7) is 16.9. The Hall–Kier alpha value is -2.06. The van der Waals surface area contributed by atoms with Crippen LogP contribution in [-0.2, 0) is 56.8 Å². The molecule has 1 aromatic carbocycles. The number of ether oxygens (including phenoxy) is 13. The Balaban J connectivity index is 1.64. The Bertz CT molecular complexity index is 868. The average molecular weight is 738 g/mol. The second-order valence-electron chi connectivity index (χ2n) is 10.9. The Morgan fingerprint density at radius 3 is 0.961 bits per heavy atom. The Morgan fingerprint density at radius 1 is 0.451 bits per heavy atom. The summed E-state index contributed by atoms with van der Waals surface area (Å²) in [5.74, 6) is 1.15. The molecule has 0 aromatic heterocycles. The number of hydrogen-bond acceptors (Lipinski definition) is 15. The number of nitro groups is 1. The topological polar surface area (TPSA) is 163 Å². The van der Waals surface area contributed by atoms with E-state index >= 15 is 0 Å². The molecule has 16 heteroatoms. The summed E-state index contributed by atoms with van der Waals surface area (Å²) in [6, 6.07) is 5.91. The van der Waals surface area contributed by atoms with Gasteiger partial charge in [0.1, 0.15) is 12.4 Å². The molecule has 0 aliphatic heterocycles. The molecule has 1 aromatic rings. The Kier molecular flexibility index (Phi) is 34.7. The number of hydrogen-bond donors (Lipinski definition) is 0. The van der Waals surface area contributed by atoms with Crippen molar-refractivity contribution in [3.8, 4) is 5.75 Å². The highest BCUT2D eigenvalue weighted by molar-refractivity contribution is 5.35. The van der Waals surface area contributed by atoms with Crippen LogP contribution in [0, 0.1) is 16.0 Å². The summed E-state index contributed by atoms with van der Waals surface area (Å²) < 4.78 is 71.2. The van der Waals surface area contributed by atoms with Crippen LogP contribution in [0.15, 0.2) is 24.3 Å². The van der Waals surface area contributed by atoms with Gasteiger partial charge in [0.2, 0.25) is 0 Å². The van der Waals surface area contributed by atoms with E-state index in [1.807, 2.05) is 0 Å². The molecule has 16 nitrogen and oxygen atoms in total. The van der Waals surface area contributed by atoms with Gasteiger partial charge in [0.25, 0.3) is 5.69 Å². The zero-order valence-electron chi connectivity index (χ0n) is 30.8. The molecule has 0 aliphatic rings. The van der Waals surface area contributed by atoms with Gasteiger partial charge in [-0.05, 0) is 18.1 Å². The average Bonchev–Trinajstić information content (AvgIpc) is 3.14. The van der Waals surface area contributed by atoms with Crippen molar-refractivity contribution in [3.63, 3.8) is 0 Å². The molecule has 298 valence electrons. The van der Waals surface area contributed by atoms with E-state index in [1.54, 1.807) is 12.1 Å². The lowest BCUT2D eigenvalue weighted by Gasteiger charge is -2.10. The zero-order valence-corrected chi connectivity index (χ0v) is 30.8. The van der Waals surface area contributed by atoms with Crippen LogP contribution in [-0.4, -0.2) is 170 Å². The van der Waals surface area contributed by atoms with E-state index in [0.29, 0.717) is 170 Å². The quantitative estimate of drug-likeness (QED) is 0.0547. The maximum Gasteiger partial charge on any atom is 0.269 e. The number of rotatable bonds is 41. The van der Waals surface area contributed by atoms with Crippen molar-refractivity contribution >= 4 is 5.69 Å². The third-order valence-corrected chi connectivity index (χ3v) is 6.74. The molecule has 0 spiro atoms. The van der Waals surface area contributed by atoms with Crippen molar-refractivity contribution in [1.29, 1.82) is 0 Å². The maximum atomic E-state index is 10.6. The van der Waals surface area contributed by atoms with Crippen molar-refractivity contribution < 1.29 is 66.5 Å². The predicted molar refractivity (Wildman–Crippen MR) is 188 cm³/mol. The lowest BCUT2D eigenvalue weighted by molar-refractivity contribution is -0.384. The van der Waals surface area contributed by atoms with E-state index in [-0.39, 0.29) is 5.69 Å². The molecule has 0 bridgehead atoms. The lowest BCUT2D eigenvalue weighted by atomic mass is 10.1. The molecular weight excluding hydrogens is 674 g/mol. The van der Waals surface area contributed by atoms with Gasteiger partial charge in [-0.1, -0.05) is 20.3 Å². The highest BCUT2D eigenvalue weighted by atomic mass is 16.6. The van der Waals surface area contributed by atoms with E-state index in [4.69, 9.17) is 61.6 Å². The first-order valence-electron chi connectivity index (χ1n) is 17.9. The summed E-state index contributed by atoms with van der Waals surface area (Å²) >= 11 is 0. The van der Waals surface area contributed by atoms with Crippen LogP contribution in [0.1, 0.15) is 20.3 Å². The van der Waals surface area contributed by atoms with Gasteiger partial charge >= 0.3 is 0 Å². The molecule has 0 fully saturated rings. The first kappa shape index (κ1) is 47.0. The van der Waals surface area contributed by atoms with E-state index < -0.39 is 4.92 Å². The molecule has 1 rings (SSSR count). The van der Waals surface area contributed by atoms with Crippen LogP contribution in [0.2, 0.25) is 0 Å². The molecule has 0 amide bonds. The van der Waals surface area contributed by atoms with Gasteiger partial charge in [-0.15, -0.1) is 0 Å². The SMILES string of the molecule is CCC(C)COCCOCCOCCOCCOCCOCCOCCOCCOCCOCCOCCOCCOc1ccc([N+](=O)[O-])cc1. The first-order chi connectivity index (χ1) is 25.1. The van der Waals surface area contributed by atoms with E-state index in [9.17, 15) is 10.1 Å². The smallest absolute Gasteiger partial charge is 0.269 e. The van der Waals surface area contributed by atoms with Crippen LogP contribution in [0.5, 0.6) is 5.75 Å². The monoisotopic (exact) mass is 737 g/mol. The summed E-state index contributed by atoms with van der Waals surface area (Å²) in [5.41, 5.74) is 0.0251. The fraction of sp³-hybridized carbons (Fsp3) is 0.829. The highest BCUT2D eigenvalue weighted by Crippen LogP contribution is 2.17. The fourth-order valence-corrected chi connectivity index (χ4v) is 3.70. The predicted octanol–water partition coefficient (Wildman–Crippen LogP) is 3.22. The van der Waals surface area contributed by atoms with Crippen LogP contribution in [0.25, 0.3) is 0 Å². The van der Waals surface area contributed by atoms with Crippen molar-refractivity contribution in [2.24, 2.45) is 5.92 Å². The molecule has 51 heavy (non-hydrogen) atoms. The molecule has 0 saturated carbocycles. The van der Waals surface area contributed by atoms with Crippen LogP contribution in [0.3, 0.4) is 0 Å². The molecule has 1 unspecified atom stereocenters. The largest absolute Gasteiger partial charge is 0.491 e. The summed E-state index contributed by atoms with van der Waals surface area (Å²) in [6.07, 6.45) is 1.13. The minimum Gasteiger partial charge on any atom is -0.491 e. The summed E-state index contributed by atoms with van der Waals surface area (Å²) in [5, 5.41) is 10.6. The van der Waals surface area contributed by atoms with Gasteiger partial charge in [0.05, 0.1) is 157 Å². The van der Waals surface area contributed by atoms with E-state index in [2.05, 4.69) is 13.8 Å². The van der Waals surface area contributed by atoms with Gasteiger partial charge < -0.3 is 61.6 Å². The number of nitrogens with zero attached hydrogens (tertiary/aromatic N) is 1.